The summed E-state index contributed by atoms with van der Waals surface area (Å²) in [4.78, 5) is 75.8. The van der Waals surface area contributed by atoms with Crippen molar-refractivity contribution in [2.24, 2.45) is 0 Å². The van der Waals surface area contributed by atoms with Crippen LogP contribution >= 0.6 is 0 Å². The summed E-state index contributed by atoms with van der Waals surface area (Å²) in [6.07, 6.45) is -13.5. The fraction of sp³-hybridized carbons (Fsp3) is 0.516. The number of aromatic nitrogens is 2. The summed E-state index contributed by atoms with van der Waals surface area (Å²) < 4.78 is 72.2. The second-order valence-electron chi connectivity index (χ2n) is 11.4. The number of nitrogens with zero attached hydrogens (tertiary/aromatic N) is 2. The Kier molecular flexibility index (Phi) is 12.8. The van der Waals surface area contributed by atoms with Crippen LogP contribution in [0.1, 0.15) is 39.5 Å². The first-order valence-corrected chi connectivity index (χ1v) is 15.4. The van der Waals surface area contributed by atoms with Crippen molar-refractivity contribution in [2.75, 3.05) is 18.5 Å². The topological polar surface area (TPSA) is 247 Å². The Morgan fingerprint density at radius 3 is 2.04 bits per heavy atom. The molecule has 0 radical (unpaired) electrons. The molecule has 1 amide bonds. The Morgan fingerprint density at radius 2 is 1.48 bits per heavy atom. The van der Waals surface area contributed by atoms with E-state index in [0.717, 1.165) is 40.0 Å². The average Bonchev–Trinajstić information content (AvgIpc) is 3.29. The minimum Gasteiger partial charge on any atom is -0.463 e. The second-order valence-corrected chi connectivity index (χ2v) is 11.4. The molecule has 8 atom stereocenters. The van der Waals surface area contributed by atoms with Gasteiger partial charge in [0.1, 0.15) is 37.0 Å². The van der Waals surface area contributed by atoms with Crippen LogP contribution in [0, 0.1) is 0 Å². The lowest BCUT2D eigenvalue weighted by Crippen LogP contribution is -2.63. The molecule has 0 aliphatic carbocycles. The summed E-state index contributed by atoms with van der Waals surface area (Å²) in [6, 6.07) is 6.81. The lowest BCUT2D eigenvalue weighted by atomic mass is 9.98. The molecule has 3 heterocycles. The van der Waals surface area contributed by atoms with E-state index in [2.05, 4.69) is 10.3 Å². The van der Waals surface area contributed by atoms with Gasteiger partial charge in [0.15, 0.2) is 18.3 Å². The van der Waals surface area contributed by atoms with Crippen molar-refractivity contribution in [3.05, 3.63) is 52.6 Å². The fourth-order valence-corrected chi connectivity index (χ4v) is 5.15. The fourth-order valence-electron chi connectivity index (χ4n) is 5.15. The molecule has 0 bridgehead atoms. The van der Waals surface area contributed by atoms with Crippen LogP contribution in [0.4, 0.5) is 19.4 Å². The molecular formula is C31H35F2N3O16. The van der Waals surface area contributed by atoms with Gasteiger partial charge in [-0.05, 0) is 23.8 Å². The normalized spacial score (nSPS) is 26.4. The van der Waals surface area contributed by atoms with Gasteiger partial charge in [-0.3, -0.25) is 29.1 Å². The summed E-state index contributed by atoms with van der Waals surface area (Å²) in [5.41, 5.74) is -0.828. The highest BCUT2D eigenvalue weighted by Crippen LogP contribution is 2.42. The molecule has 284 valence electrons. The van der Waals surface area contributed by atoms with Gasteiger partial charge < -0.3 is 48.1 Å². The van der Waals surface area contributed by atoms with Gasteiger partial charge in [0.25, 0.3) is 0 Å². The zero-order chi connectivity index (χ0) is 38.3. The maximum absolute atomic E-state index is 14.4. The Balaban J connectivity index is 1.41. The number of carbonyl (C=O) groups is 5. The lowest BCUT2D eigenvalue weighted by molar-refractivity contribution is -0.288. The Morgan fingerprint density at radius 1 is 0.865 bits per heavy atom. The van der Waals surface area contributed by atoms with Crippen LogP contribution in [-0.4, -0.2) is 112 Å². The molecule has 21 heteroatoms. The highest BCUT2D eigenvalue weighted by molar-refractivity contribution is 5.83. The van der Waals surface area contributed by atoms with Crippen molar-refractivity contribution in [3.8, 4) is 5.75 Å². The van der Waals surface area contributed by atoms with Crippen molar-refractivity contribution in [1.82, 2.24) is 9.55 Å². The van der Waals surface area contributed by atoms with Crippen molar-refractivity contribution in [2.45, 2.75) is 89.4 Å². The molecule has 19 nitrogen and oxygen atoms in total. The summed E-state index contributed by atoms with van der Waals surface area (Å²) in [7, 11) is 0. The van der Waals surface area contributed by atoms with Gasteiger partial charge in [-0.2, -0.15) is 13.8 Å². The van der Waals surface area contributed by atoms with E-state index >= 15 is 0 Å². The maximum atomic E-state index is 14.4. The van der Waals surface area contributed by atoms with E-state index in [4.69, 9.17) is 43.0 Å². The van der Waals surface area contributed by atoms with Gasteiger partial charge in [0.05, 0.1) is 6.61 Å². The average molecular weight is 744 g/mol. The number of nitrogens with one attached hydrogen (secondary N) is 1. The first-order valence-electron chi connectivity index (χ1n) is 15.4. The van der Waals surface area contributed by atoms with Crippen LogP contribution < -0.4 is 15.7 Å². The molecule has 2 aliphatic rings. The van der Waals surface area contributed by atoms with Gasteiger partial charge in [0, 0.05) is 33.9 Å². The number of carbonyl (C=O) groups excluding carboxylic acids is 5. The van der Waals surface area contributed by atoms with E-state index in [0.29, 0.717) is 10.1 Å². The number of benzene rings is 1. The summed E-state index contributed by atoms with van der Waals surface area (Å²) >= 11 is 0. The molecule has 0 saturated carbocycles. The van der Waals surface area contributed by atoms with Crippen LogP contribution in [0.25, 0.3) is 0 Å². The van der Waals surface area contributed by atoms with Gasteiger partial charge in [-0.25, -0.2) is 9.59 Å². The second kappa shape index (κ2) is 16.8. The van der Waals surface area contributed by atoms with Crippen molar-refractivity contribution >= 4 is 35.8 Å². The molecule has 2 aliphatic heterocycles. The number of amides is 1. The largest absolute Gasteiger partial charge is 0.463 e. The van der Waals surface area contributed by atoms with Gasteiger partial charge >= 0.3 is 41.6 Å². The first kappa shape index (κ1) is 39.5. The van der Waals surface area contributed by atoms with E-state index in [1.54, 1.807) is 0 Å². The number of esters is 4. The predicted octanol–water partition coefficient (Wildman–Crippen LogP) is 0.340. The third-order valence-electron chi connectivity index (χ3n) is 7.37. The number of rotatable bonds is 12. The number of halogens is 2. The number of anilines is 1. The van der Waals surface area contributed by atoms with Crippen LogP contribution in [0.15, 0.2) is 41.3 Å². The number of ether oxygens (including phenoxy) is 8. The third kappa shape index (κ3) is 9.75. The molecule has 2 fully saturated rings. The van der Waals surface area contributed by atoms with E-state index in [9.17, 15) is 42.7 Å². The molecule has 2 aromatic rings. The summed E-state index contributed by atoms with van der Waals surface area (Å²) in [5, 5.41) is 21.0. The van der Waals surface area contributed by atoms with Crippen molar-refractivity contribution < 1.29 is 80.9 Å². The van der Waals surface area contributed by atoms with Crippen molar-refractivity contribution in [1.29, 1.82) is 0 Å². The zero-order valence-electron chi connectivity index (χ0n) is 28.0. The van der Waals surface area contributed by atoms with Crippen LogP contribution in [0.2, 0.25) is 0 Å². The number of hydrogen-bond acceptors (Lipinski definition) is 17. The van der Waals surface area contributed by atoms with Crippen molar-refractivity contribution in [3.63, 3.8) is 0 Å². The molecule has 52 heavy (non-hydrogen) atoms. The highest BCUT2D eigenvalue weighted by atomic mass is 19.3. The predicted molar refractivity (Wildman–Crippen MR) is 163 cm³/mol. The van der Waals surface area contributed by atoms with E-state index in [1.165, 1.54) is 24.3 Å². The quantitative estimate of drug-likeness (QED) is 0.196. The number of alkyl halides is 2. The maximum Gasteiger partial charge on any atom is 0.413 e. The molecule has 0 spiro atoms. The lowest BCUT2D eigenvalue weighted by Gasteiger charge is -2.43. The Labute approximate surface area is 292 Å². The monoisotopic (exact) mass is 743 g/mol. The molecule has 1 aromatic carbocycles. The molecule has 1 aromatic heterocycles. The smallest absolute Gasteiger partial charge is 0.413 e. The SMILES string of the molecule is CC(=O)OCC1O[C@@H](Oc2ccc(COC(=O)Nc3ccn([C@@H]4O[C@H](CO)C(O)C4(F)F)c(=O)n3)cc2)C(OC(C)=O)C(OC(C)=O)[C@H]1OC(C)=O. The van der Waals surface area contributed by atoms with Gasteiger partial charge in [-0.15, -0.1) is 0 Å². The zero-order valence-corrected chi connectivity index (χ0v) is 28.0. The van der Waals surface area contributed by atoms with E-state index < -0.39 is 104 Å². The Hall–Kier alpha value is -5.25. The van der Waals surface area contributed by atoms with Crippen LogP contribution in [-0.2, 0) is 58.9 Å². The van der Waals surface area contributed by atoms with Gasteiger partial charge in [0.2, 0.25) is 18.6 Å². The van der Waals surface area contributed by atoms with Crippen LogP contribution in [0.3, 0.4) is 0 Å². The highest BCUT2D eigenvalue weighted by Gasteiger charge is 2.59. The van der Waals surface area contributed by atoms with E-state index in [1.807, 2.05) is 0 Å². The molecule has 4 unspecified atom stereocenters. The van der Waals surface area contributed by atoms with Crippen LogP contribution in [0.5, 0.6) is 5.75 Å². The summed E-state index contributed by atoms with van der Waals surface area (Å²) in [6.45, 7) is 2.69. The summed E-state index contributed by atoms with van der Waals surface area (Å²) in [5.74, 6) is -7.27. The Bertz CT molecular complexity index is 1690. The third-order valence-corrected chi connectivity index (χ3v) is 7.37. The van der Waals surface area contributed by atoms with Gasteiger partial charge in [-0.1, -0.05) is 12.1 Å². The molecular weight excluding hydrogens is 708 g/mol. The molecule has 3 N–H and O–H groups in total. The minimum atomic E-state index is -3.92. The number of aliphatic hydroxyl groups is 2. The number of aliphatic hydroxyl groups excluding tert-OH is 2. The molecule has 2 saturated heterocycles. The minimum absolute atomic E-state index is 0.119. The number of hydrogen-bond donors (Lipinski definition) is 3. The standard InChI is InChI=1S/C31H35F2N3O16/c1-14(38)45-13-21-23(47-15(2)39)24(48-16(3)40)25(49-17(4)41)27(51-21)50-19-7-5-18(6-8-19)12-46-30(44)35-22-9-10-36(29(43)34-22)28-31(32,33)26(42)20(11-37)52-28/h5-10,20-21,23-28,37,42H,11-13H2,1-4H3,(H,34,35,43,44)/t20-,21?,23+,24?,25?,26?,27-,28-/m1/s1. The molecule has 4 rings (SSSR count). The van der Waals surface area contributed by atoms with E-state index in [-0.39, 0.29) is 18.2 Å². The first-order chi connectivity index (χ1) is 24.5.